The highest BCUT2D eigenvalue weighted by Gasteiger charge is 2.20. The number of benzene rings is 1. The van der Waals surface area contributed by atoms with Gasteiger partial charge in [-0.2, -0.15) is 0 Å². The molecule has 1 amide bonds. The summed E-state index contributed by atoms with van der Waals surface area (Å²) in [6.45, 7) is 5.81. The Bertz CT molecular complexity index is 457. The van der Waals surface area contributed by atoms with Crippen molar-refractivity contribution < 1.29 is 9.53 Å². The Hall–Kier alpha value is -1.43. The second kappa shape index (κ2) is 8.12. The lowest BCUT2D eigenvalue weighted by Gasteiger charge is -2.32. The third kappa shape index (κ3) is 4.81. The number of likely N-dealkylation sites (tertiary alicyclic amines) is 1. The summed E-state index contributed by atoms with van der Waals surface area (Å²) in [5.41, 5.74) is 4.45. The van der Waals surface area contributed by atoms with Crippen LogP contribution in [0.3, 0.4) is 0 Å². The molecule has 5 heteroatoms. The molecule has 5 nitrogen and oxygen atoms in total. The molecular weight excluding hydrogens is 266 g/mol. The van der Waals surface area contributed by atoms with E-state index in [4.69, 9.17) is 10.6 Å². The Morgan fingerprint density at radius 2 is 2.00 bits per heavy atom. The molecule has 1 aliphatic rings. The maximum absolute atomic E-state index is 11.5. The van der Waals surface area contributed by atoms with Crippen molar-refractivity contribution in [2.45, 2.75) is 38.8 Å². The van der Waals surface area contributed by atoms with Crippen LogP contribution in [0.1, 0.15) is 30.9 Å². The molecule has 1 fully saturated rings. The van der Waals surface area contributed by atoms with E-state index in [2.05, 4.69) is 16.4 Å². The van der Waals surface area contributed by atoms with E-state index < -0.39 is 0 Å². The first kappa shape index (κ1) is 15.9. The molecule has 0 bridgehead atoms. The van der Waals surface area contributed by atoms with Gasteiger partial charge >= 0.3 is 0 Å². The van der Waals surface area contributed by atoms with Gasteiger partial charge in [-0.1, -0.05) is 24.3 Å². The number of carbonyl (C=O) groups excluding carboxylic acids is 1. The van der Waals surface area contributed by atoms with E-state index in [0.29, 0.717) is 12.5 Å². The molecular formula is C16H25N3O2. The van der Waals surface area contributed by atoms with Crippen molar-refractivity contribution in [2.75, 3.05) is 19.7 Å². The van der Waals surface area contributed by atoms with Crippen LogP contribution in [0.4, 0.5) is 0 Å². The second-order valence-electron chi connectivity index (χ2n) is 5.44. The highest BCUT2D eigenvalue weighted by atomic mass is 16.5. The van der Waals surface area contributed by atoms with Crippen LogP contribution >= 0.6 is 0 Å². The molecule has 1 heterocycles. The molecule has 0 aliphatic carbocycles. The normalized spacial score (nSPS) is 16.9. The summed E-state index contributed by atoms with van der Waals surface area (Å²) in [6.07, 6.45) is 2.91. The van der Waals surface area contributed by atoms with Crippen LogP contribution in [-0.2, 0) is 22.5 Å². The minimum absolute atomic E-state index is 0.155. The van der Waals surface area contributed by atoms with E-state index in [1.165, 1.54) is 5.56 Å². The van der Waals surface area contributed by atoms with Crippen molar-refractivity contribution in [3.8, 4) is 0 Å². The Labute approximate surface area is 126 Å². The molecule has 2 rings (SSSR count). The maximum atomic E-state index is 11.5. The van der Waals surface area contributed by atoms with Gasteiger partial charge in [-0.15, -0.1) is 0 Å². The third-order valence-electron chi connectivity index (χ3n) is 3.96. The Morgan fingerprint density at radius 1 is 1.33 bits per heavy atom. The number of hydrogen-bond acceptors (Lipinski definition) is 4. The van der Waals surface area contributed by atoms with E-state index >= 15 is 0 Å². The molecule has 1 aromatic carbocycles. The molecule has 0 unspecified atom stereocenters. The summed E-state index contributed by atoms with van der Waals surface area (Å²) in [7, 11) is 0. The number of rotatable bonds is 6. The summed E-state index contributed by atoms with van der Waals surface area (Å²) < 4.78 is 5.68. The lowest BCUT2D eigenvalue weighted by Crippen LogP contribution is -2.37. The standard InChI is InChI=1S/C16H25N3O2/c1-2-21-15-7-9-19(10-8-15)12-14-6-4-3-5-13(14)11-16(20)18-17/h3-6,15H,2,7-12,17H2,1H3,(H,18,20). The van der Waals surface area contributed by atoms with Gasteiger partial charge < -0.3 is 4.74 Å². The zero-order valence-corrected chi connectivity index (χ0v) is 12.7. The van der Waals surface area contributed by atoms with Crippen LogP contribution < -0.4 is 11.3 Å². The number of nitrogens with one attached hydrogen (secondary N) is 1. The van der Waals surface area contributed by atoms with Gasteiger partial charge in [-0.25, -0.2) is 5.84 Å². The maximum Gasteiger partial charge on any atom is 0.238 e. The van der Waals surface area contributed by atoms with Crippen LogP contribution in [0.25, 0.3) is 0 Å². The van der Waals surface area contributed by atoms with Gasteiger partial charge in [0.2, 0.25) is 5.91 Å². The van der Waals surface area contributed by atoms with E-state index in [-0.39, 0.29) is 5.91 Å². The SMILES string of the molecule is CCOC1CCN(Cc2ccccc2CC(=O)NN)CC1. The van der Waals surface area contributed by atoms with E-state index in [1.54, 1.807) is 0 Å². The van der Waals surface area contributed by atoms with Crippen LogP contribution in [0, 0.1) is 0 Å². The molecule has 3 N–H and O–H groups in total. The third-order valence-corrected chi connectivity index (χ3v) is 3.96. The largest absolute Gasteiger partial charge is 0.378 e. The molecule has 0 atom stereocenters. The van der Waals surface area contributed by atoms with Gasteiger partial charge in [0.1, 0.15) is 0 Å². The molecule has 1 aliphatic heterocycles. The van der Waals surface area contributed by atoms with Crippen molar-refractivity contribution in [2.24, 2.45) is 5.84 Å². The number of ether oxygens (including phenoxy) is 1. The quantitative estimate of drug-likeness (QED) is 0.470. The highest BCUT2D eigenvalue weighted by molar-refractivity contribution is 5.78. The predicted molar refractivity (Wildman–Crippen MR) is 82.4 cm³/mol. The zero-order chi connectivity index (χ0) is 15.1. The van der Waals surface area contributed by atoms with Crippen LogP contribution in [0.5, 0.6) is 0 Å². The van der Waals surface area contributed by atoms with E-state index in [1.807, 2.05) is 25.1 Å². The monoisotopic (exact) mass is 291 g/mol. The average Bonchev–Trinajstić information content (AvgIpc) is 2.51. The summed E-state index contributed by atoms with van der Waals surface area (Å²) >= 11 is 0. The highest BCUT2D eigenvalue weighted by Crippen LogP contribution is 2.18. The van der Waals surface area contributed by atoms with Crippen molar-refractivity contribution in [3.63, 3.8) is 0 Å². The van der Waals surface area contributed by atoms with E-state index in [9.17, 15) is 4.79 Å². The number of nitrogens with two attached hydrogens (primary N) is 1. The van der Waals surface area contributed by atoms with Crippen LogP contribution in [-0.4, -0.2) is 36.6 Å². The number of nitrogens with zero attached hydrogens (tertiary/aromatic N) is 1. The van der Waals surface area contributed by atoms with Crippen molar-refractivity contribution >= 4 is 5.91 Å². The summed E-state index contributed by atoms with van der Waals surface area (Å²) in [4.78, 5) is 13.9. The molecule has 1 aromatic rings. The van der Waals surface area contributed by atoms with Gasteiger partial charge in [0, 0.05) is 26.2 Å². The molecule has 116 valence electrons. The number of hydrazine groups is 1. The molecule has 0 aromatic heterocycles. The second-order valence-corrected chi connectivity index (χ2v) is 5.44. The van der Waals surface area contributed by atoms with E-state index in [0.717, 1.165) is 44.6 Å². The number of amides is 1. The van der Waals surface area contributed by atoms with Crippen molar-refractivity contribution in [1.29, 1.82) is 0 Å². The van der Waals surface area contributed by atoms with Gasteiger partial charge in [-0.05, 0) is 30.9 Å². The molecule has 0 saturated carbocycles. The molecule has 0 radical (unpaired) electrons. The predicted octanol–water partition coefficient (Wildman–Crippen LogP) is 1.22. The Balaban J connectivity index is 1.92. The Kier molecular flexibility index (Phi) is 6.17. The van der Waals surface area contributed by atoms with Gasteiger partial charge in [0.25, 0.3) is 0 Å². The zero-order valence-electron chi connectivity index (χ0n) is 12.7. The van der Waals surface area contributed by atoms with Crippen LogP contribution in [0.2, 0.25) is 0 Å². The molecule has 0 spiro atoms. The topological polar surface area (TPSA) is 67.6 Å². The Morgan fingerprint density at radius 3 is 2.62 bits per heavy atom. The fraction of sp³-hybridized carbons (Fsp3) is 0.562. The van der Waals surface area contributed by atoms with Gasteiger partial charge in [-0.3, -0.25) is 15.1 Å². The fourth-order valence-electron chi connectivity index (χ4n) is 2.82. The molecule has 1 saturated heterocycles. The van der Waals surface area contributed by atoms with Gasteiger partial charge in [0.05, 0.1) is 12.5 Å². The minimum Gasteiger partial charge on any atom is -0.378 e. The fourth-order valence-corrected chi connectivity index (χ4v) is 2.82. The van der Waals surface area contributed by atoms with Crippen molar-refractivity contribution in [3.05, 3.63) is 35.4 Å². The minimum atomic E-state index is -0.155. The summed E-state index contributed by atoms with van der Waals surface area (Å²) in [5, 5.41) is 0. The van der Waals surface area contributed by atoms with Crippen molar-refractivity contribution in [1.82, 2.24) is 10.3 Å². The first-order valence-electron chi connectivity index (χ1n) is 7.63. The number of piperidine rings is 1. The molecule has 21 heavy (non-hydrogen) atoms. The van der Waals surface area contributed by atoms with Gasteiger partial charge in [0.15, 0.2) is 0 Å². The summed E-state index contributed by atoms with van der Waals surface area (Å²) in [6, 6.07) is 8.07. The average molecular weight is 291 g/mol. The lowest BCUT2D eigenvalue weighted by atomic mass is 10.0. The number of hydrogen-bond donors (Lipinski definition) is 2. The lowest BCUT2D eigenvalue weighted by molar-refractivity contribution is -0.120. The smallest absolute Gasteiger partial charge is 0.238 e. The van der Waals surface area contributed by atoms with Crippen LogP contribution in [0.15, 0.2) is 24.3 Å². The number of carbonyl (C=O) groups is 1. The first-order valence-corrected chi connectivity index (χ1v) is 7.63. The first-order chi connectivity index (χ1) is 10.2. The summed E-state index contributed by atoms with van der Waals surface area (Å²) in [5.74, 6) is 5.02.